The van der Waals surface area contributed by atoms with Crippen molar-refractivity contribution in [3.05, 3.63) is 57.1 Å². The number of hydrogen-bond acceptors (Lipinski definition) is 5. The number of aromatic nitrogens is 2. The molecular weight excluding hydrogens is 368 g/mol. The molecule has 0 bridgehead atoms. The van der Waals surface area contributed by atoms with Crippen molar-refractivity contribution in [1.82, 2.24) is 9.55 Å². The molecule has 0 fully saturated rings. The van der Waals surface area contributed by atoms with Gasteiger partial charge in [-0.1, -0.05) is 6.07 Å². The lowest BCUT2D eigenvalue weighted by Crippen LogP contribution is -2.28. The molecule has 3 aromatic rings. The Morgan fingerprint density at radius 1 is 1.10 bits per heavy atom. The maximum absolute atomic E-state index is 13.1. The fourth-order valence-corrected chi connectivity index (χ4v) is 4.01. The molecule has 4 rings (SSSR count). The van der Waals surface area contributed by atoms with Gasteiger partial charge in [0, 0.05) is 6.54 Å². The van der Waals surface area contributed by atoms with Crippen molar-refractivity contribution in [2.75, 3.05) is 14.2 Å². The van der Waals surface area contributed by atoms with Crippen LogP contribution in [0.5, 0.6) is 17.2 Å². The summed E-state index contributed by atoms with van der Waals surface area (Å²) in [4.78, 5) is 18.0. The highest BCUT2D eigenvalue weighted by atomic mass is 16.5. The van der Waals surface area contributed by atoms with Gasteiger partial charge in [0.05, 0.1) is 25.1 Å². The maximum Gasteiger partial charge on any atom is 0.261 e. The zero-order valence-electron chi connectivity index (χ0n) is 17.1. The van der Waals surface area contributed by atoms with Gasteiger partial charge in [0.1, 0.15) is 5.82 Å². The predicted molar refractivity (Wildman–Crippen MR) is 114 cm³/mol. The van der Waals surface area contributed by atoms with E-state index in [1.54, 1.807) is 16.7 Å². The molecule has 0 atom stereocenters. The molecule has 150 valence electrons. The van der Waals surface area contributed by atoms with E-state index in [2.05, 4.69) is 0 Å². The highest BCUT2D eigenvalue weighted by Gasteiger charge is 2.20. The summed E-state index contributed by atoms with van der Waals surface area (Å²) in [5.41, 5.74) is 4.60. The maximum atomic E-state index is 13.1. The molecule has 0 saturated heterocycles. The zero-order chi connectivity index (χ0) is 20.7. The summed E-state index contributed by atoms with van der Waals surface area (Å²) in [5, 5.41) is 10.8. The van der Waals surface area contributed by atoms with E-state index < -0.39 is 0 Å². The molecule has 1 aromatic heterocycles. The van der Waals surface area contributed by atoms with Crippen LogP contribution in [0.15, 0.2) is 29.1 Å². The monoisotopic (exact) mass is 392 g/mol. The van der Waals surface area contributed by atoms with Crippen LogP contribution in [0.1, 0.15) is 35.4 Å². The second-order valence-electron chi connectivity index (χ2n) is 7.42. The van der Waals surface area contributed by atoms with Gasteiger partial charge < -0.3 is 14.6 Å². The molecule has 0 saturated carbocycles. The number of allylic oxidation sites excluding steroid dienone is 1. The largest absolute Gasteiger partial charge is 0.502 e. The smallest absolute Gasteiger partial charge is 0.261 e. The first kappa shape index (κ1) is 19.1. The number of phenols is 1. The Morgan fingerprint density at radius 3 is 2.45 bits per heavy atom. The summed E-state index contributed by atoms with van der Waals surface area (Å²) in [6.45, 7) is 4.64. The fourth-order valence-electron chi connectivity index (χ4n) is 4.01. The van der Waals surface area contributed by atoms with E-state index in [1.165, 1.54) is 14.2 Å². The van der Waals surface area contributed by atoms with Crippen molar-refractivity contribution in [1.29, 1.82) is 0 Å². The number of aromatic hydroxyl groups is 1. The summed E-state index contributed by atoms with van der Waals surface area (Å²) >= 11 is 0. The zero-order valence-corrected chi connectivity index (χ0v) is 17.1. The number of hydrogen-bond donors (Lipinski definition) is 1. The van der Waals surface area contributed by atoms with Crippen LogP contribution >= 0.6 is 0 Å². The van der Waals surface area contributed by atoms with Crippen molar-refractivity contribution in [3.8, 4) is 17.2 Å². The molecule has 1 N–H and O–H groups in total. The Morgan fingerprint density at radius 2 is 1.79 bits per heavy atom. The third-order valence-electron chi connectivity index (χ3n) is 5.35. The molecule has 2 aromatic carbocycles. The first-order valence-corrected chi connectivity index (χ1v) is 9.60. The predicted octanol–water partition coefficient (Wildman–Crippen LogP) is 4.07. The van der Waals surface area contributed by atoms with Crippen molar-refractivity contribution < 1.29 is 14.6 Å². The number of nitrogens with zero attached hydrogens (tertiary/aromatic N) is 2. The van der Waals surface area contributed by atoms with Crippen molar-refractivity contribution in [2.45, 2.75) is 33.2 Å². The molecule has 1 aliphatic rings. The quantitative estimate of drug-likeness (QED) is 0.727. The van der Waals surface area contributed by atoms with Crippen molar-refractivity contribution in [3.63, 3.8) is 0 Å². The molecule has 0 unspecified atom stereocenters. The number of phenolic OH excluding ortho intramolecular Hbond substituents is 1. The SMILES string of the molecule is COc1cc(/C=C2\CCCn3c2nc2c(C)cc(C)cc2c3=O)cc(OC)c1O. The second-order valence-corrected chi connectivity index (χ2v) is 7.42. The highest BCUT2D eigenvalue weighted by molar-refractivity contribution is 5.86. The average molecular weight is 392 g/mol. The minimum Gasteiger partial charge on any atom is -0.502 e. The Hall–Kier alpha value is -3.28. The van der Waals surface area contributed by atoms with E-state index in [1.807, 2.05) is 32.1 Å². The minimum atomic E-state index is -0.0347. The van der Waals surface area contributed by atoms with Crippen LogP contribution in [0.3, 0.4) is 0 Å². The normalized spacial score (nSPS) is 14.8. The Kier molecular flexibility index (Phi) is 4.78. The number of fused-ring (bicyclic) bond motifs is 2. The number of rotatable bonds is 3. The molecule has 6 heteroatoms. The van der Waals surface area contributed by atoms with Gasteiger partial charge in [0.25, 0.3) is 5.56 Å². The molecule has 2 heterocycles. The van der Waals surface area contributed by atoms with Gasteiger partial charge in [-0.25, -0.2) is 4.98 Å². The number of methoxy groups -OCH3 is 2. The van der Waals surface area contributed by atoms with Gasteiger partial charge in [-0.3, -0.25) is 9.36 Å². The van der Waals surface area contributed by atoms with Crippen LogP contribution in [-0.2, 0) is 6.54 Å². The first-order chi connectivity index (χ1) is 13.9. The molecular formula is C23H24N2O4. The summed E-state index contributed by atoms with van der Waals surface area (Å²) < 4.78 is 12.3. The van der Waals surface area contributed by atoms with Crippen molar-refractivity contribution >= 4 is 22.6 Å². The van der Waals surface area contributed by atoms with Crippen molar-refractivity contribution in [2.24, 2.45) is 0 Å². The van der Waals surface area contributed by atoms with Gasteiger partial charge in [-0.05, 0) is 73.2 Å². The fraction of sp³-hybridized carbons (Fsp3) is 0.304. The van der Waals surface area contributed by atoms with E-state index in [0.29, 0.717) is 29.3 Å². The van der Waals surface area contributed by atoms with Gasteiger partial charge in [-0.2, -0.15) is 0 Å². The lowest BCUT2D eigenvalue weighted by atomic mass is 10.0. The van der Waals surface area contributed by atoms with Crippen LogP contribution in [0.4, 0.5) is 0 Å². The van der Waals surface area contributed by atoms with E-state index in [0.717, 1.165) is 40.6 Å². The van der Waals surface area contributed by atoms with Gasteiger partial charge in [-0.15, -0.1) is 0 Å². The van der Waals surface area contributed by atoms with Gasteiger partial charge in [0.15, 0.2) is 11.5 Å². The topological polar surface area (TPSA) is 73.6 Å². The van der Waals surface area contributed by atoms with E-state index in [-0.39, 0.29) is 11.3 Å². The van der Waals surface area contributed by atoms with Crippen LogP contribution in [0, 0.1) is 13.8 Å². The van der Waals surface area contributed by atoms with Crippen LogP contribution in [-0.4, -0.2) is 28.9 Å². The standard InChI is InChI=1S/C23H24N2O4/c1-13-8-14(2)20-17(9-13)23(27)25-7-5-6-16(22(25)24-20)10-15-11-18(28-3)21(26)19(12-15)29-4/h8-12,26H,5-7H2,1-4H3/b16-10+. The summed E-state index contributed by atoms with van der Waals surface area (Å²) in [7, 11) is 3.00. The Bertz CT molecular complexity index is 1180. The highest BCUT2D eigenvalue weighted by Crippen LogP contribution is 2.38. The van der Waals surface area contributed by atoms with Gasteiger partial charge >= 0.3 is 0 Å². The third kappa shape index (κ3) is 3.24. The molecule has 0 aliphatic carbocycles. The second kappa shape index (κ2) is 7.28. The van der Waals surface area contributed by atoms with Crippen LogP contribution in [0.25, 0.3) is 22.6 Å². The van der Waals surface area contributed by atoms with Gasteiger partial charge in [0.2, 0.25) is 5.75 Å². The number of ether oxygens (including phenoxy) is 2. The molecule has 0 amide bonds. The summed E-state index contributed by atoms with van der Waals surface area (Å²) in [5.74, 6) is 1.34. The minimum absolute atomic E-state index is 0.00303. The third-order valence-corrected chi connectivity index (χ3v) is 5.35. The van der Waals surface area contributed by atoms with E-state index in [4.69, 9.17) is 14.5 Å². The number of aryl methyl sites for hydroxylation is 2. The molecule has 6 nitrogen and oxygen atoms in total. The molecule has 1 aliphatic heterocycles. The average Bonchev–Trinajstić information content (AvgIpc) is 2.70. The summed E-state index contributed by atoms with van der Waals surface area (Å²) in [6.07, 6.45) is 3.66. The van der Waals surface area contributed by atoms with E-state index in [9.17, 15) is 9.90 Å². The molecule has 0 radical (unpaired) electrons. The van der Waals surface area contributed by atoms with E-state index >= 15 is 0 Å². The first-order valence-electron chi connectivity index (χ1n) is 9.60. The van der Waals surface area contributed by atoms with Crippen LogP contribution < -0.4 is 15.0 Å². The van der Waals surface area contributed by atoms with Crippen LogP contribution in [0.2, 0.25) is 0 Å². The lowest BCUT2D eigenvalue weighted by molar-refractivity contribution is 0.340. The lowest BCUT2D eigenvalue weighted by Gasteiger charge is -2.21. The molecule has 0 spiro atoms. The molecule has 29 heavy (non-hydrogen) atoms. The Balaban J connectivity index is 1.93. The number of benzene rings is 2. The Labute approximate surface area is 169 Å². The summed E-state index contributed by atoms with van der Waals surface area (Å²) in [6, 6.07) is 7.46.